The van der Waals surface area contributed by atoms with Gasteiger partial charge in [0, 0.05) is 32.8 Å². The molecule has 0 fully saturated rings. The number of hydrogen-bond acceptors (Lipinski definition) is 2. The Hall–Kier alpha value is -8.60. The number of hydrogen-bond donors (Lipinski definition) is 0. The van der Waals surface area contributed by atoms with Gasteiger partial charge in [-0.25, -0.2) is 9.97 Å². The summed E-state index contributed by atoms with van der Waals surface area (Å²) in [7, 11) is 0. The van der Waals surface area contributed by atoms with Crippen molar-refractivity contribution in [2.75, 3.05) is 0 Å². The number of fused-ring (bicyclic) bond motifs is 8. The van der Waals surface area contributed by atoms with Crippen LogP contribution in [0.2, 0.25) is 0 Å². The number of para-hydroxylation sites is 2. The van der Waals surface area contributed by atoms with Crippen molar-refractivity contribution in [2.24, 2.45) is 0 Å². The van der Waals surface area contributed by atoms with E-state index in [2.05, 4.69) is 240 Å². The highest BCUT2D eigenvalue weighted by Gasteiger charge is 2.24. The Bertz CT molecular complexity index is 3930. The van der Waals surface area contributed by atoms with E-state index in [-0.39, 0.29) is 0 Å². The maximum Gasteiger partial charge on any atom is 0.165 e. The average molecular weight is 815 g/mol. The first-order valence-corrected chi connectivity index (χ1v) is 21.8. The van der Waals surface area contributed by atoms with Gasteiger partial charge in [-0.3, -0.25) is 4.57 Å². The zero-order chi connectivity index (χ0) is 42.1. The van der Waals surface area contributed by atoms with Crippen molar-refractivity contribution in [1.82, 2.24) is 19.1 Å². The molecule has 4 nitrogen and oxygen atoms in total. The lowest BCUT2D eigenvalue weighted by Crippen LogP contribution is -2.04. The van der Waals surface area contributed by atoms with E-state index in [1.54, 1.807) is 0 Å². The SMILES string of the molecule is c1ccc(-c2cc3nc(-c4ccc5c6ccccc6n(-c6ccccc6)c5c4)c(-n4c5cc6ccccc6cc5c5c(-c6ccccc6)cccc54)nc3cc2-c2ccccc2)cc1. The van der Waals surface area contributed by atoms with E-state index in [4.69, 9.17) is 9.97 Å². The summed E-state index contributed by atoms with van der Waals surface area (Å²) in [6, 6.07) is 82.6. The van der Waals surface area contributed by atoms with Crippen LogP contribution in [0.25, 0.3) is 122 Å². The minimum Gasteiger partial charge on any atom is -0.309 e. The summed E-state index contributed by atoms with van der Waals surface area (Å²) in [5.41, 5.74) is 15.8. The molecule has 298 valence electrons. The number of benzene rings is 10. The minimum atomic E-state index is 0.779. The van der Waals surface area contributed by atoms with Crippen LogP contribution in [-0.2, 0) is 0 Å². The first-order valence-electron chi connectivity index (χ1n) is 21.8. The van der Waals surface area contributed by atoms with Crippen molar-refractivity contribution in [2.45, 2.75) is 0 Å². The molecular weight excluding hydrogens is 777 g/mol. The predicted octanol–water partition coefficient (Wildman–Crippen LogP) is 15.6. The fraction of sp³-hybridized carbons (Fsp3) is 0. The van der Waals surface area contributed by atoms with Gasteiger partial charge in [-0.15, -0.1) is 0 Å². The second kappa shape index (κ2) is 14.5. The molecule has 0 saturated carbocycles. The van der Waals surface area contributed by atoms with Gasteiger partial charge in [-0.1, -0.05) is 176 Å². The molecule has 0 bridgehead atoms. The molecule has 0 aliphatic rings. The van der Waals surface area contributed by atoms with E-state index in [0.29, 0.717) is 0 Å². The van der Waals surface area contributed by atoms with Crippen LogP contribution in [0, 0.1) is 0 Å². The summed E-state index contributed by atoms with van der Waals surface area (Å²) in [5, 5.41) is 7.12. The molecule has 13 aromatic rings. The molecule has 3 aromatic heterocycles. The van der Waals surface area contributed by atoms with E-state index >= 15 is 0 Å². The number of nitrogens with zero attached hydrogens (tertiary/aromatic N) is 4. The molecule has 13 rings (SSSR count). The van der Waals surface area contributed by atoms with Crippen molar-refractivity contribution in [1.29, 1.82) is 0 Å². The first-order chi connectivity index (χ1) is 31.7. The maximum atomic E-state index is 5.79. The van der Waals surface area contributed by atoms with Crippen LogP contribution in [0.3, 0.4) is 0 Å². The Morgan fingerprint density at radius 3 is 1.52 bits per heavy atom. The predicted molar refractivity (Wildman–Crippen MR) is 267 cm³/mol. The zero-order valence-corrected chi connectivity index (χ0v) is 34.7. The van der Waals surface area contributed by atoms with Gasteiger partial charge >= 0.3 is 0 Å². The third-order valence-electron chi connectivity index (χ3n) is 12.9. The summed E-state index contributed by atoms with van der Waals surface area (Å²) < 4.78 is 4.75. The van der Waals surface area contributed by atoms with Gasteiger partial charge in [0.25, 0.3) is 0 Å². The van der Waals surface area contributed by atoms with Crippen LogP contribution in [-0.4, -0.2) is 19.1 Å². The maximum absolute atomic E-state index is 5.79. The molecule has 10 aromatic carbocycles. The second-order valence-corrected chi connectivity index (χ2v) is 16.6. The van der Waals surface area contributed by atoms with Gasteiger partial charge in [0.05, 0.1) is 33.1 Å². The minimum absolute atomic E-state index is 0.779. The van der Waals surface area contributed by atoms with Gasteiger partial charge in [-0.05, 0) is 98.8 Å². The number of aromatic nitrogens is 4. The first kappa shape index (κ1) is 36.1. The Labute approximate surface area is 369 Å². The smallest absolute Gasteiger partial charge is 0.165 e. The van der Waals surface area contributed by atoms with Crippen LogP contribution in [0.5, 0.6) is 0 Å². The quantitative estimate of drug-likeness (QED) is 0.168. The highest BCUT2D eigenvalue weighted by molar-refractivity contribution is 6.19. The summed E-state index contributed by atoms with van der Waals surface area (Å²) in [4.78, 5) is 11.5. The molecule has 64 heavy (non-hydrogen) atoms. The average Bonchev–Trinajstić information content (AvgIpc) is 3.87. The van der Waals surface area contributed by atoms with E-state index in [1.165, 1.54) is 43.4 Å². The fourth-order valence-electron chi connectivity index (χ4n) is 9.97. The molecule has 3 heterocycles. The van der Waals surface area contributed by atoms with E-state index in [0.717, 1.165) is 78.1 Å². The molecule has 0 atom stereocenters. The molecule has 0 radical (unpaired) electrons. The lowest BCUT2D eigenvalue weighted by molar-refractivity contribution is 1.08. The normalized spacial score (nSPS) is 11.8. The molecule has 0 saturated heterocycles. The largest absolute Gasteiger partial charge is 0.309 e. The molecule has 4 heteroatoms. The summed E-state index contributed by atoms with van der Waals surface area (Å²) in [6.45, 7) is 0. The Morgan fingerprint density at radius 2 is 0.828 bits per heavy atom. The Balaban J connectivity index is 1.18. The highest BCUT2D eigenvalue weighted by Crippen LogP contribution is 2.44. The van der Waals surface area contributed by atoms with Crippen molar-refractivity contribution in [3.63, 3.8) is 0 Å². The van der Waals surface area contributed by atoms with E-state index in [9.17, 15) is 0 Å². The Morgan fingerprint density at radius 1 is 0.297 bits per heavy atom. The molecule has 0 amide bonds. The van der Waals surface area contributed by atoms with Gasteiger partial charge in [-0.2, -0.15) is 0 Å². The standard InChI is InChI=1S/C60H38N4/c1-5-18-39(19-6-1)46-29-17-31-55-58(46)51-34-42-24-13-14-25-43(42)35-57(51)64(55)60-59(44-32-33-48-47-28-15-16-30-54(47)63(56(48)36-44)45-26-11-4-12-27-45)61-52-37-49(40-20-7-2-8-21-40)50(38-53(52)62-60)41-22-9-3-10-23-41/h1-38H. The van der Waals surface area contributed by atoms with Crippen molar-refractivity contribution in [3.05, 3.63) is 231 Å². The highest BCUT2D eigenvalue weighted by atomic mass is 15.1. The van der Waals surface area contributed by atoms with Crippen molar-refractivity contribution in [3.8, 4) is 56.1 Å². The van der Waals surface area contributed by atoms with Gasteiger partial charge < -0.3 is 4.57 Å². The van der Waals surface area contributed by atoms with Crippen molar-refractivity contribution < 1.29 is 0 Å². The second-order valence-electron chi connectivity index (χ2n) is 16.6. The van der Waals surface area contributed by atoms with E-state index < -0.39 is 0 Å². The molecule has 0 aliphatic carbocycles. The summed E-state index contributed by atoms with van der Waals surface area (Å²) >= 11 is 0. The molecular formula is C60H38N4. The fourth-order valence-corrected chi connectivity index (χ4v) is 9.97. The third-order valence-corrected chi connectivity index (χ3v) is 12.9. The molecule has 0 spiro atoms. The topological polar surface area (TPSA) is 35.6 Å². The van der Waals surface area contributed by atoms with Gasteiger partial charge in [0.1, 0.15) is 5.69 Å². The van der Waals surface area contributed by atoms with Crippen LogP contribution in [0.1, 0.15) is 0 Å². The lowest BCUT2D eigenvalue weighted by atomic mass is 9.93. The lowest BCUT2D eigenvalue weighted by Gasteiger charge is -2.17. The summed E-state index contributed by atoms with van der Waals surface area (Å²) in [5.74, 6) is 0.779. The number of rotatable bonds is 6. The van der Waals surface area contributed by atoms with Crippen LogP contribution in [0.15, 0.2) is 231 Å². The third kappa shape index (κ3) is 5.70. The monoisotopic (exact) mass is 814 g/mol. The molecule has 0 N–H and O–H groups in total. The van der Waals surface area contributed by atoms with Gasteiger partial charge in [0.15, 0.2) is 5.82 Å². The van der Waals surface area contributed by atoms with Crippen LogP contribution < -0.4 is 0 Å². The molecule has 0 unspecified atom stereocenters. The van der Waals surface area contributed by atoms with Crippen LogP contribution >= 0.6 is 0 Å². The zero-order valence-electron chi connectivity index (χ0n) is 34.7. The van der Waals surface area contributed by atoms with Crippen LogP contribution in [0.4, 0.5) is 0 Å². The molecule has 0 aliphatic heterocycles. The van der Waals surface area contributed by atoms with E-state index in [1.807, 2.05) is 0 Å². The van der Waals surface area contributed by atoms with Crippen molar-refractivity contribution >= 4 is 65.4 Å². The van der Waals surface area contributed by atoms with Gasteiger partial charge in [0.2, 0.25) is 0 Å². The summed E-state index contributed by atoms with van der Waals surface area (Å²) in [6.07, 6.45) is 0. The Kier molecular flexibility index (Phi) is 8.18.